The number of carbonyl (C=O) groups is 1. The normalized spacial score (nSPS) is 16.5. The van der Waals surface area contributed by atoms with Gasteiger partial charge in [-0.3, -0.25) is 19.1 Å². The number of thioether (sulfide) groups is 1. The first-order valence-corrected chi connectivity index (χ1v) is 12.0. The van der Waals surface area contributed by atoms with Crippen LogP contribution in [0.2, 0.25) is 0 Å². The molecule has 0 saturated carbocycles. The Kier molecular flexibility index (Phi) is 7.93. The number of nitrogens with zero attached hydrogens (tertiary/aromatic N) is 3. The second-order valence-electron chi connectivity index (χ2n) is 7.92. The molecule has 172 valence electrons. The van der Waals surface area contributed by atoms with Crippen LogP contribution in [0.1, 0.15) is 5.56 Å². The summed E-state index contributed by atoms with van der Waals surface area (Å²) in [6.07, 6.45) is 1.61. The molecule has 1 N–H and O–H groups in total. The van der Waals surface area contributed by atoms with E-state index in [1.165, 1.54) is 17.3 Å². The van der Waals surface area contributed by atoms with Gasteiger partial charge in [-0.05, 0) is 17.7 Å². The molecule has 1 aliphatic rings. The average Bonchev–Trinajstić information content (AvgIpc) is 2.84. The lowest BCUT2D eigenvalue weighted by Gasteiger charge is -2.33. The zero-order chi connectivity index (χ0) is 23.0. The Hall–Kier alpha value is -2.94. The second-order valence-corrected chi connectivity index (χ2v) is 8.86. The van der Waals surface area contributed by atoms with E-state index in [0.29, 0.717) is 35.8 Å². The third-order valence-electron chi connectivity index (χ3n) is 5.47. The molecule has 1 fully saturated rings. The molecule has 4 rings (SSSR count). The van der Waals surface area contributed by atoms with Crippen LogP contribution in [0.15, 0.2) is 77.2 Å². The molecule has 7 nitrogen and oxygen atoms in total. The van der Waals surface area contributed by atoms with Crippen LogP contribution in [-0.2, 0) is 22.6 Å². The Morgan fingerprint density at radius 1 is 1.21 bits per heavy atom. The van der Waals surface area contributed by atoms with Crippen molar-refractivity contribution in [3.63, 3.8) is 0 Å². The third kappa shape index (κ3) is 6.10. The summed E-state index contributed by atoms with van der Waals surface area (Å²) < 4.78 is 7.40. The van der Waals surface area contributed by atoms with E-state index in [2.05, 4.69) is 33.9 Å². The van der Waals surface area contributed by atoms with Gasteiger partial charge in [0.05, 0.1) is 29.4 Å². The first-order valence-electron chi connectivity index (χ1n) is 11.0. The highest BCUT2D eigenvalue weighted by atomic mass is 32.2. The van der Waals surface area contributed by atoms with Gasteiger partial charge in [0, 0.05) is 32.7 Å². The molecule has 1 aromatic heterocycles. The van der Waals surface area contributed by atoms with Crippen molar-refractivity contribution >= 4 is 28.6 Å². The highest BCUT2D eigenvalue weighted by Crippen LogP contribution is 2.18. The summed E-state index contributed by atoms with van der Waals surface area (Å²) in [6, 6.07) is 17.6. The van der Waals surface area contributed by atoms with Gasteiger partial charge in [0.25, 0.3) is 5.56 Å². The first-order chi connectivity index (χ1) is 16.1. The van der Waals surface area contributed by atoms with Crippen molar-refractivity contribution in [2.24, 2.45) is 0 Å². The van der Waals surface area contributed by atoms with E-state index in [1.54, 1.807) is 22.8 Å². The summed E-state index contributed by atoms with van der Waals surface area (Å²) in [4.78, 5) is 32.3. The van der Waals surface area contributed by atoms with Crippen molar-refractivity contribution in [2.75, 3.05) is 32.0 Å². The predicted molar refractivity (Wildman–Crippen MR) is 131 cm³/mol. The van der Waals surface area contributed by atoms with Gasteiger partial charge in [-0.25, -0.2) is 4.98 Å². The summed E-state index contributed by atoms with van der Waals surface area (Å²) in [5.74, 6) is 0.0545. The van der Waals surface area contributed by atoms with Gasteiger partial charge in [-0.2, -0.15) is 0 Å². The van der Waals surface area contributed by atoms with Crippen molar-refractivity contribution < 1.29 is 9.53 Å². The van der Waals surface area contributed by atoms with Crippen LogP contribution >= 0.6 is 11.8 Å². The van der Waals surface area contributed by atoms with Gasteiger partial charge >= 0.3 is 0 Å². The first kappa shape index (κ1) is 23.2. The molecule has 33 heavy (non-hydrogen) atoms. The number of allylic oxidation sites excluding steroid dienone is 1. The molecule has 1 amide bonds. The van der Waals surface area contributed by atoms with Crippen molar-refractivity contribution in [2.45, 2.75) is 24.3 Å². The Morgan fingerprint density at radius 3 is 2.82 bits per heavy atom. The minimum absolute atomic E-state index is 0.0471. The maximum Gasteiger partial charge on any atom is 0.262 e. The highest BCUT2D eigenvalue weighted by molar-refractivity contribution is 7.99. The van der Waals surface area contributed by atoms with Crippen LogP contribution in [0.25, 0.3) is 10.9 Å². The van der Waals surface area contributed by atoms with E-state index < -0.39 is 0 Å². The molecule has 2 heterocycles. The molecule has 0 aliphatic carbocycles. The van der Waals surface area contributed by atoms with Crippen molar-refractivity contribution in [3.8, 4) is 0 Å². The average molecular weight is 465 g/mol. The molecule has 8 heteroatoms. The zero-order valence-corrected chi connectivity index (χ0v) is 19.3. The van der Waals surface area contributed by atoms with Crippen LogP contribution in [0.4, 0.5) is 0 Å². The molecule has 1 atom stereocenters. The Labute approximate surface area is 197 Å². The number of nitrogens with one attached hydrogen (secondary N) is 1. The standard InChI is InChI=1S/C25H28N4O3S/c1-2-12-29-24(31)21-10-6-7-11-22(21)27-25(29)33-18-23(30)26-15-20-17-28(13-14-32-20)16-19-8-4-3-5-9-19/h2-11,20H,1,12-18H2,(H,26,30). The Balaban J connectivity index is 1.31. The van der Waals surface area contributed by atoms with E-state index in [4.69, 9.17) is 4.74 Å². The number of para-hydroxylation sites is 1. The molecule has 0 bridgehead atoms. The topological polar surface area (TPSA) is 76.5 Å². The lowest BCUT2D eigenvalue weighted by Crippen LogP contribution is -2.47. The number of hydrogen-bond donors (Lipinski definition) is 1. The molecular formula is C25H28N4O3S. The van der Waals surface area contributed by atoms with Crippen LogP contribution in [-0.4, -0.2) is 58.5 Å². The summed E-state index contributed by atoms with van der Waals surface area (Å²) >= 11 is 1.25. The number of hydrogen-bond acceptors (Lipinski definition) is 6. The van der Waals surface area contributed by atoms with Crippen LogP contribution in [0.3, 0.4) is 0 Å². The molecule has 0 spiro atoms. The predicted octanol–water partition coefficient (Wildman–Crippen LogP) is 2.69. The van der Waals surface area contributed by atoms with E-state index in [9.17, 15) is 9.59 Å². The van der Waals surface area contributed by atoms with Crippen molar-refractivity contribution in [3.05, 3.63) is 83.2 Å². The summed E-state index contributed by atoms with van der Waals surface area (Å²) in [7, 11) is 0. The largest absolute Gasteiger partial charge is 0.374 e. The smallest absolute Gasteiger partial charge is 0.262 e. The molecule has 1 saturated heterocycles. The Morgan fingerprint density at radius 2 is 2.00 bits per heavy atom. The molecular weight excluding hydrogens is 436 g/mol. The summed E-state index contributed by atoms with van der Waals surface area (Å²) in [5, 5.41) is 4.03. The lowest BCUT2D eigenvalue weighted by atomic mass is 10.2. The number of rotatable bonds is 9. The Bertz CT molecular complexity index is 1170. The number of carbonyl (C=O) groups excluding carboxylic acids is 1. The molecule has 3 aromatic rings. The number of fused-ring (bicyclic) bond motifs is 1. The monoisotopic (exact) mass is 464 g/mol. The van der Waals surface area contributed by atoms with Crippen molar-refractivity contribution in [1.82, 2.24) is 19.8 Å². The fraction of sp³-hybridized carbons (Fsp3) is 0.320. The molecule has 0 radical (unpaired) electrons. The quantitative estimate of drug-likeness (QED) is 0.298. The lowest BCUT2D eigenvalue weighted by molar-refractivity contribution is -0.119. The van der Waals surface area contributed by atoms with Crippen molar-refractivity contribution in [1.29, 1.82) is 0 Å². The minimum atomic E-state index is -0.127. The van der Waals surface area contributed by atoms with Gasteiger partial charge in [0.1, 0.15) is 0 Å². The number of amides is 1. The van der Waals surface area contributed by atoms with E-state index in [1.807, 2.05) is 30.3 Å². The third-order valence-corrected chi connectivity index (χ3v) is 6.45. The second kappa shape index (κ2) is 11.3. The molecule has 1 aliphatic heterocycles. The van der Waals surface area contributed by atoms with Gasteiger partial charge in [-0.15, -0.1) is 6.58 Å². The molecule has 1 unspecified atom stereocenters. The van der Waals surface area contributed by atoms with Crippen LogP contribution in [0, 0.1) is 0 Å². The maximum absolute atomic E-state index is 12.8. The fourth-order valence-corrected chi connectivity index (χ4v) is 4.68. The summed E-state index contributed by atoms with van der Waals surface area (Å²) in [6.45, 7) is 7.70. The van der Waals surface area contributed by atoms with Gasteiger partial charge in [0.15, 0.2) is 5.16 Å². The molecule has 2 aromatic carbocycles. The SMILES string of the molecule is C=CCn1c(SCC(=O)NCC2CN(Cc3ccccc3)CCO2)nc2ccccc2c1=O. The van der Waals surface area contributed by atoms with E-state index >= 15 is 0 Å². The van der Waals surface area contributed by atoms with Gasteiger partial charge in [-0.1, -0.05) is 60.3 Å². The number of morpholine rings is 1. The summed E-state index contributed by atoms with van der Waals surface area (Å²) in [5.41, 5.74) is 1.77. The maximum atomic E-state index is 12.8. The van der Waals surface area contributed by atoms with Crippen LogP contribution < -0.4 is 10.9 Å². The van der Waals surface area contributed by atoms with Gasteiger partial charge in [0.2, 0.25) is 5.91 Å². The number of benzene rings is 2. The minimum Gasteiger partial charge on any atom is -0.374 e. The highest BCUT2D eigenvalue weighted by Gasteiger charge is 2.21. The van der Waals surface area contributed by atoms with E-state index in [0.717, 1.165) is 19.6 Å². The van der Waals surface area contributed by atoms with E-state index in [-0.39, 0.29) is 23.3 Å². The number of aromatic nitrogens is 2. The fourth-order valence-electron chi connectivity index (χ4n) is 3.85. The zero-order valence-electron chi connectivity index (χ0n) is 18.5. The van der Waals surface area contributed by atoms with Gasteiger partial charge < -0.3 is 10.1 Å². The van der Waals surface area contributed by atoms with Crippen LogP contribution in [0.5, 0.6) is 0 Å². The number of ether oxygens (including phenoxy) is 1.